The van der Waals surface area contributed by atoms with Crippen molar-refractivity contribution < 1.29 is 19.4 Å². The number of hydrogen-bond acceptors (Lipinski definition) is 4. The molecule has 1 amide bonds. The van der Waals surface area contributed by atoms with E-state index in [4.69, 9.17) is 14.6 Å². The summed E-state index contributed by atoms with van der Waals surface area (Å²) in [6, 6.07) is 10.3. The molecule has 2 aliphatic rings. The van der Waals surface area contributed by atoms with E-state index in [1.165, 1.54) is 25.7 Å². The van der Waals surface area contributed by atoms with Gasteiger partial charge in [-0.3, -0.25) is 4.90 Å². The van der Waals surface area contributed by atoms with Gasteiger partial charge in [0.1, 0.15) is 6.61 Å². The van der Waals surface area contributed by atoms with E-state index in [0.717, 1.165) is 37.7 Å². The first-order valence-corrected chi connectivity index (χ1v) is 11.2. The van der Waals surface area contributed by atoms with Gasteiger partial charge < -0.3 is 14.6 Å². The number of allylic oxidation sites excluding steroid dienone is 1. The van der Waals surface area contributed by atoms with E-state index >= 15 is 0 Å². The largest absolute Gasteiger partial charge is 0.447 e. The van der Waals surface area contributed by atoms with Crippen LogP contribution in [-0.4, -0.2) is 47.5 Å². The third-order valence-electron chi connectivity index (χ3n) is 5.92. The fourth-order valence-electron chi connectivity index (χ4n) is 4.28. The van der Waals surface area contributed by atoms with Crippen molar-refractivity contribution in [2.45, 2.75) is 82.6 Å². The number of piperidine rings is 1. The maximum Gasteiger partial charge on any atom is 0.410 e. The molecular weight excluding hydrogens is 366 g/mol. The number of aliphatic hydroxyl groups excluding tert-OH is 1. The lowest BCUT2D eigenvalue weighted by atomic mass is 9.93. The zero-order chi connectivity index (χ0) is 20.3. The molecule has 3 rings (SSSR count). The SMILES string of the molecule is O=C1OC[C@@H]2[C@@H](OCc3ccccc3)CC[C@@H](/C=C\CCCCCCCCO)N12. The summed E-state index contributed by atoms with van der Waals surface area (Å²) in [4.78, 5) is 14.2. The molecule has 5 heteroatoms. The summed E-state index contributed by atoms with van der Waals surface area (Å²) in [5.74, 6) is 0. The Labute approximate surface area is 174 Å². The fraction of sp³-hybridized carbons (Fsp3) is 0.625. The summed E-state index contributed by atoms with van der Waals surface area (Å²) < 4.78 is 11.5. The van der Waals surface area contributed by atoms with Gasteiger partial charge in [0, 0.05) is 6.61 Å². The third kappa shape index (κ3) is 6.58. The average Bonchev–Trinajstić information content (AvgIpc) is 3.14. The number of ether oxygens (including phenoxy) is 2. The number of carbonyl (C=O) groups is 1. The quantitative estimate of drug-likeness (QED) is 0.402. The van der Waals surface area contributed by atoms with Gasteiger partial charge in [0.2, 0.25) is 0 Å². The first kappa shape index (κ1) is 21.8. The molecular formula is C24H35NO4. The number of fused-ring (bicyclic) bond motifs is 1. The Morgan fingerprint density at radius 1 is 1.07 bits per heavy atom. The van der Waals surface area contributed by atoms with Crippen molar-refractivity contribution in [2.24, 2.45) is 0 Å². The summed E-state index contributed by atoms with van der Waals surface area (Å²) in [6.07, 6.45) is 14.1. The molecule has 1 aromatic rings. The van der Waals surface area contributed by atoms with Crippen LogP contribution >= 0.6 is 0 Å². The minimum atomic E-state index is -0.207. The molecule has 2 saturated heterocycles. The molecule has 0 unspecified atom stereocenters. The van der Waals surface area contributed by atoms with Crippen LogP contribution in [-0.2, 0) is 16.1 Å². The van der Waals surface area contributed by atoms with Gasteiger partial charge in [0.15, 0.2) is 0 Å². The van der Waals surface area contributed by atoms with Crippen LogP contribution in [0.25, 0.3) is 0 Å². The Morgan fingerprint density at radius 2 is 1.83 bits per heavy atom. The minimum absolute atomic E-state index is 0.0149. The standard InChI is InChI=1S/C24H35NO4/c26-17-11-6-4-2-1-3-5-10-14-21-15-16-23(22-19-29-24(27)25(21)22)28-18-20-12-8-7-9-13-20/h7-10,12-14,21-23,26H,1-6,11,15-19H2/b14-10-/t21-,22-,23+/m1/s1. The summed E-state index contributed by atoms with van der Waals surface area (Å²) >= 11 is 0. The van der Waals surface area contributed by atoms with Gasteiger partial charge in [-0.15, -0.1) is 0 Å². The number of unbranched alkanes of at least 4 members (excludes halogenated alkanes) is 6. The van der Waals surface area contributed by atoms with Crippen LogP contribution in [0.3, 0.4) is 0 Å². The molecule has 0 aromatic heterocycles. The first-order chi connectivity index (χ1) is 14.3. The van der Waals surface area contributed by atoms with E-state index < -0.39 is 0 Å². The van der Waals surface area contributed by atoms with Gasteiger partial charge in [-0.25, -0.2) is 4.79 Å². The maximum absolute atomic E-state index is 12.3. The maximum atomic E-state index is 12.3. The topological polar surface area (TPSA) is 59.0 Å². The van der Waals surface area contributed by atoms with Crippen LogP contribution < -0.4 is 0 Å². The highest BCUT2D eigenvalue weighted by Crippen LogP contribution is 2.31. The molecule has 2 aliphatic heterocycles. The van der Waals surface area contributed by atoms with Gasteiger partial charge >= 0.3 is 6.09 Å². The molecule has 3 atom stereocenters. The zero-order valence-electron chi connectivity index (χ0n) is 17.4. The number of cyclic esters (lactones) is 1. The van der Waals surface area contributed by atoms with Crippen LogP contribution in [0.15, 0.2) is 42.5 Å². The molecule has 0 radical (unpaired) electrons. The zero-order valence-corrected chi connectivity index (χ0v) is 17.4. The van der Waals surface area contributed by atoms with Crippen LogP contribution in [0, 0.1) is 0 Å². The normalized spacial score (nSPS) is 24.1. The predicted octanol–water partition coefficient (Wildman–Crippen LogP) is 4.83. The first-order valence-electron chi connectivity index (χ1n) is 11.2. The number of amides is 1. The Morgan fingerprint density at radius 3 is 2.62 bits per heavy atom. The van der Waals surface area contributed by atoms with Crippen LogP contribution in [0.4, 0.5) is 4.79 Å². The fourth-order valence-corrected chi connectivity index (χ4v) is 4.28. The molecule has 2 heterocycles. The summed E-state index contributed by atoms with van der Waals surface area (Å²) in [5.41, 5.74) is 1.16. The van der Waals surface area contributed by atoms with Gasteiger partial charge in [-0.2, -0.15) is 0 Å². The smallest absolute Gasteiger partial charge is 0.410 e. The molecule has 0 bridgehead atoms. The lowest BCUT2D eigenvalue weighted by molar-refractivity contribution is -0.0362. The van der Waals surface area contributed by atoms with E-state index in [2.05, 4.69) is 24.3 Å². The second kappa shape index (κ2) is 12.0. The van der Waals surface area contributed by atoms with Crippen molar-refractivity contribution in [2.75, 3.05) is 13.2 Å². The van der Waals surface area contributed by atoms with E-state index in [-0.39, 0.29) is 24.3 Å². The number of hydrogen-bond donors (Lipinski definition) is 1. The van der Waals surface area contributed by atoms with Gasteiger partial charge in [0.05, 0.1) is 24.8 Å². The van der Waals surface area contributed by atoms with E-state index in [0.29, 0.717) is 19.8 Å². The summed E-state index contributed by atoms with van der Waals surface area (Å²) in [7, 11) is 0. The second-order valence-electron chi connectivity index (χ2n) is 8.09. The molecule has 160 valence electrons. The van der Waals surface area contributed by atoms with Gasteiger partial charge in [-0.05, 0) is 37.7 Å². The number of carbonyl (C=O) groups excluding carboxylic acids is 1. The number of rotatable bonds is 12. The molecule has 5 nitrogen and oxygen atoms in total. The Balaban J connectivity index is 1.42. The summed E-state index contributed by atoms with van der Waals surface area (Å²) in [6.45, 7) is 1.31. The Kier molecular flexibility index (Phi) is 9.03. The van der Waals surface area contributed by atoms with Crippen LogP contribution in [0.2, 0.25) is 0 Å². The van der Waals surface area contributed by atoms with E-state index in [1.807, 2.05) is 23.1 Å². The van der Waals surface area contributed by atoms with Crippen LogP contribution in [0.5, 0.6) is 0 Å². The number of aliphatic hydroxyl groups is 1. The lowest BCUT2D eigenvalue weighted by Crippen LogP contribution is -2.52. The molecule has 0 aliphatic carbocycles. The van der Waals surface area contributed by atoms with Crippen molar-refractivity contribution >= 4 is 6.09 Å². The molecule has 0 saturated carbocycles. The highest BCUT2D eigenvalue weighted by molar-refractivity contribution is 5.71. The third-order valence-corrected chi connectivity index (χ3v) is 5.92. The predicted molar refractivity (Wildman–Crippen MR) is 114 cm³/mol. The monoisotopic (exact) mass is 401 g/mol. The minimum Gasteiger partial charge on any atom is -0.447 e. The van der Waals surface area contributed by atoms with Gasteiger partial charge in [-0.1, -0.05) is 68.2 Å². The van der Waals surface area contributed by atoms with E-state index in [1.54, 1.807) is 0 Å². The molecule has 0 spiro atoms. The summed E-state index contributed by atoms with van der Waals surface area (Å²) in [5, 5.41) is 8.79. The second-order valence-corrected chi connectivity index (χ2v) is 8.09. The van der Waals surface area contributed by atoms with Crippen molar-refractivity contribution in [1.29, 1.82) is 0 Å². The molecule has 2 fully saturated rings. The van der Waals surface area contributed by atoms with E-state index in [9.17, 15) is 4.79 Å². The van der Waals surface area contributed by atoms with Crippen molar-refractivity contribution in [3.8, 4) is 0 Å². The molecule has 1 N–H and O–H groups in total. The lowest BCUT2D eigenvalue weighted by Gasteiger charge is -2.39. The van der Waals surface area contributed by atoms with Gasteiger partial charge in [0.25, 0.3) is 0 Å². The van der Waals surface area contributed by atoms with Crippen molar-refractivity contribution in [3.63, 3.8) is 0 Å². The Hall–Kier alpha value is -1.85. The highest BCUT2D eigenvalue weighted by atomic mass is 16.6. The number of benzene rings is 1. The van der Waals surface area contributed by atoms with Crippen LogP contribution in [0.1, 0.15) is 63.4 Å². The average molecular weight is 402 g/mol. The van der Waals surface area contributed by atoms with Crippen molar-refractivity contribution in [3.05, 3.63) is 48.0 Å². The molecule has 1 aromatic carbocycles. The Bertz CT molecular complexity index is 633. The molecule has 29 heavy (non-hydrogen) atoms. The van der Waals surface area contributed by atoms with Crippen molar-refractivity contribution in [1.82, 2.24) is 4.90 Å². The number of nitrogens with zero attached hydrogens (tertiary/aromatic N) is 1. The highest BCUT2D eigenvalue weighted by Gasteiger charge is 2.45.